The van der Waals surface area contributed by atoms with E-state index in [1.807, 2.05) is 6.07 Å². The number of aromatic nitrogens is 2. The van der Waals surface area contributed by atoms with Gasteiger partial charge in [0.25, 0.3) is 0 Å². The van der Waals surface area contributed by atoms with Gasteiger partial charge in [-0.3, -0.25) is 0 Å². The van der Waals surface area contributed by atoms with E-state index in [1.54, 1.807) is 0 Å². The summed E-state index contributed by atoms with van der Waals surface area (Å²) < 4.78 is 0.777. The van der Waals surface area contributed by atoms with Crippen molar-refractivity contribution in [3.05, 3.63) is 16.5 Å². The van der Waals surface area contributed by atoms with Gasteiger partial charge in [0.15, 0.2) is 0 Å². The predicted octanol–water partition coefficient (Wildman–Crippen LogP) is 2.69. The molecule has 0 unspecified atom stereocenters. The third kappa shape index (κ3) is 3.16. The van der Waals surface area contributed by atoms with Gasteiger partial charge in [0, 0.05) is 18.5 Å². The first-order valence-electron chi connectivity index (χ1n) is 5.99. The molecule has 1 aromatic rings. The van der Waals surface area contributed by atoms with Crippen molar-refractivity contribution in [3.63, 3.8) is 0 Å². The molecule has 0 aliphatic heterocycles. The molecule has 0 radical (unpaired) electrons. The second kappa shape index (κ2) is 4.90. The fourth-order valence-electron chi connectivity index (χ4n) is 1.80. The molecule has 4 nitrogen and oxygen atoms in total. The molecule has 2 N–H and O–H groups in total. The summed E-state index contributed by atoms with van der Waals surface area (Å²) in [4.78, 5) is 8.75. The van der Waals surface area contributed by atoms with Crippen molar-refractivity contribution in [1.82, 2.24) is 9.97 Å². The summed E-state index contributed by atoms with van der Waals surface area (Å²) in [6, 6.07) is 1.84. The lowest BCUT2D eigenvalue weighted by atomic mass is 9.80. The van der Waals surface area contributed by atoms with Crippen LogP contribution in [0.15, 0.2) is 10.7 Å². The Balaban J connectivity index is 2.04. The highest BCUT2D eigenvalue weighted by Gasteiger charge is 2.34. The average Bonchev–Trinajstić information content (AvgIpc) is 2.23. The van der Waals surface area contributed by atoms with Gasteiger partial charge in [-0.1, -0.05) is 13.8 Å². The van der Waals surface area contributed by atoms with Crippen LogP contribution in [-0.2, 0) is 0 Å². The van der Waals surface area contributed by atoms with E-state index in [4.69, 9.17) is 0 Å². The van der Waals surface area contributed by atoms with Crippen LogP contribution in [0.3, 0.4) is 0 Å². The zero-order valence-corrected chi connectivity index (χ0v) is 11.8. The van der Waals surface area contributed by atoms with Crippen LogP contribution in [0.4, 0.5) is 5.82 Å². The number of hydrogen-bond donors (Lipinski definition) is 2. The van der Waals surface area contributed by atoms with Crippen LogP contribution in [0, 0.1) is 0 Å². The monoisotopic (exact) mass is 299 g/mol. The Morgan fingerprint density at radius 1 is 1.47 bits per heavy atom. The number of hydrogen-bond acceptors (Lipinski definition) is 4. The highest BCUT2D eigenvalue weighted by Crippen LogP contribution is 2.31. The Hall–Kier alpha value is -0.680. The lowest BCUT2D eigenvalue weighted by Crippen LogP contribution is -2.43. The standard InChI is InChI=1S/C12H18BrN3O/c1-8(2)11-15-9(13)6-10(16-11)14-7-12(17)4-3-5-12/h6,8,17H,3-5,7H2,1-2H3,(H,14,15,16). The van der Waals surface area contributed by atoms with Gasteiger partial charge in [0.2, 0.25) is 0 Å². The van der Waals surface area contributed by atoms with E-state index in [-0.39, 0.29) is 0 Å². The molecule has 1 aliphatic rings. The number of aliphatic hydroxyl groups is 1. The summed E-state index contributed by atoms with van der Waals surface area (Å²) in [6.07, 6.45) is 2.87. The molecule has 0 amide bonds. The molecule has 94 valence electrons. The third-order valence-electron chi connectivity index (χ3n) is 3.11. The van der Waals surface area contributed by atoms with E-state index in [2.05, 4.69) is 45.1 Å². The molecule has 2 rings (SSSR count). The molecule has 0 bridgehead atoms. The molecule has 0 atom stereocenters. The maximum atomic E-state index is 10.0. The fourth-order valence-corrected chi connectivity index (χ4v) is 2.20. The summed E-state index contributed by atoms with van der Waals surface area (Å²) in [5.74, 6) is 1.87. The topological polar surface area (TPSA) is 58.0 Å². The van der Waals surface area contributed by atoms with Crippen molar-refractivity contribution in [2.24, 2.45) is 0 Å². The number of rotatable bonds is 4. The second-order valence-electron chi connectivity index (χ2n) is 5.02. The van der Waals surface area contributed by atoms with Crippen LogP contribution < -0.4 is 5.32 Å². The molecule has 5 heteroatoms. The number of anilines is 1. The highest BCUT2D eigenvalue weighted by molar-refractivity contribution is 9.10. The van der Waals surface area contributed by atoms with Crippen LogP contribution in [0.1, 0.15) is 44.9 Å². The molecule has 0 spiro atoms. The largest absolute Gasteiger partial charge is 0.388 e. The van der Waals surface area contributed by atoms with Crippen molar-refractivity contribution < 1.29 is 5.11 Å². The Morgan fingerprint density at radius 2 is 2.18 bits per heavy atom. The van der Waals surface area contributed by atoms with E-state index >= 15 is 0 Å². The molecule has 1 saturated carbocycles. The van der Waals surface area contributed by atoms with Crippen molar-refractivity contribution >= 4 is 21.7 Å². The van der Waals surface area contributed by atoms with Gasteiger partial charge >= 0.3 is 0 Å². The van der Waals surface area contributed by atoms with Crippen LogP contribution in [0.25, 0.3) is 0 Å². The van der Waals surface area contributed by atoms with E-state index in [1.165, 1.54) is 0 Å². The maximum Gasteiger partial charge on any atom is 0.134 e. The molecular formula is C12H18BrN3O. The van der Waals surface area contributed by atoms with Gasteiger partial charge in [-0.15, -0.1) is 0 Å². The van der Waals surface area contributed by atoms with Crippen molar-refractivity contribution in [2.45, 2.75) is 44.6 Å². The molecule has 0 aromatic carbocycles. The minimum absolute atomic E-state index is 0.292. The molecule has 0 saturated heterocycles. The van der Waals surface area contributed by atoms with Crippen molar-refractivity contribution in [3.8, 4) is 0 Å². The molecular weight excluding hydrogens is 282 g/mol. The predicted molar refractivity (Wildman–Crippen MR) is 71.1 cm³/mol. The first kappa shape index (κ1) is 12.8. The average molecular weight is 300 g/mol. The number of nitrogens with one attached hydrogen (secondary N) is 1. The molecule has 1 fully saturated rings. The number of halogens is 1. The molecule has 1 aliphatic carbocycles. The smallest absolute Gasteiger partial charge is 0.134 e. The van der Waals surface area contributed by atoms with Crippen molar-refractivity contribution in [2.75, 3.05) is 11.9 Å². The first-order valence-corrected chi connectivity index (χ1v) is 6.78. The summed E-state index contributed by atoms with van der Waals surface area (Å²) in [5, 5.41) is 13.2. The summed E-state index contributed by atoms with van der Waals surface area (Å²) in [5.41, 5.74) is -0.532. The van der Waals surface area contributed by atoms with Gasteiger partial charge < -0.3 is 10.4 Å². The third-order valence-corrected chi connectivity index (χ3v) is 3.52. The van der Waals surface area contributed by atoms with Crippen LogP contribution in [0.2, 0.25) is 0 Å². The van der Waals surface area contributed by atoms with Gasteiger partial charge in [-0.2, -0.15) is 0 Å². The lowest BCUT2D eigenvalue weighted by Gasteiger charge is -2.36. The summed E-state index contributed by atoms with van der Waals surface area (Å²) >= 11 is 3.38. The first-order chi connectivity index (χ1) is 7.98. The minimum Gasteiger partial charge on any atom is -0.388 e. The van der Waals surface area contributed by atoms with Crippen LogP contribution in [0.5, 0.6) is 0 Å². The lowest BCUT2D eigenvalue weighted by molar-refractivity contribution is -0.0202. The van der Waals surface area contributed by atoms with Gasteiger partial charge in [-0.25, -0.2) is 9.97 Å². The Kier molecular flexibility index (Phi) is 3.68. The quantitative estimate of drug-likeness (QED) is 0.839. The number of nitrogens with zero attached hydrogens (tertiary/aromatic N) is 2. The Labute approximate surface area is 110 Å². The molecule has 17 heavy (non-hydrogen) atoms. The fraction of sp³-hybridized carbons (Fsp3) is 0.667. The second-order valence-corrected chi connectivity index (χ2v) is 5.83. The van der Waals surface area contributed by atoms with Crippen LogP contribution in [-0.4, -0.2) is 27.2 Å². The zero-order chi connectivity index (χ0) is 12.5. The van der Waals surface area contributed by atoms with E-state index in [9.17, 15) is 5.11 Å². The normalized spacial score (nSPS) is 17.9. The summed E-state index contributed by atoms with van der Waals surface area (Å²) in [7, 11) is 0. The van der Waals surface area contributed by atoms with Gasteiger partial charge in [0.1, 0.15) is 16.2 Å². The van der Waals surface area contributed by atoms with E-state index in [0.29, 0.717) is 12.5 Å². The van der Waals surface area contributed by atoms with Gasteiger partial charge in [0.05, 0.1) is 5.60 Å². The minimum atomic E-state index is -0.532. The van der Waals surface area contributed by atoms with Crippen LogP contribution >= 0.6 is 15.9 Å². The van der Waals surface area contributed by atoms with Gasteiger partial charge in [-0.05, 0) is 35.2 Å². The molecule has 1 aromatic heterocycles. The molecule has 1 heterocycles. The highest BCUT2D eigenvalue weighted by atomic mass is 79.9. The maximum absolute atomic E-state index is 10.0. The zero-order valence-electron chi connectivity index (χ0n) is 10.2. The SMILES string of the molecule is CC(C)c1nc(Br)cc(NCC2(O)CCC2)n1. The van der Waals surface area contributed by atoms with E-state index in [0.717, 1.165) is 35.5 Å². The Bertz CT molecular complexity index is 405. The van der Waals surface area contributed by atoms with E-state index < -0.39 is 5.60 Å². The van der Waals surface area contributed by atoms with Crippen molar-refractivity contribution in [1.29, 1.82) is 0 Å². The Morgan fingerprint density at radius 3 is 2.71 bits per heavy atom. The summed E-state index contributed by atoms with van der Waals surface area (Å²) in [6.45, 7) is 4.68.